The van der Waals surface area contributed by atoms with E-state index in [2.05, 4.69) is 4.99 Å². The van der Waals surface area contributed by atoms with E-state index in [0.717, 1.165) is 10.7 Å². The molecule has 1 saturated heterocycles. The third-order valence-electron chi connectivity index (χ3n) is 3.20. The average Bonchev–Trinajstić information content (AvgIpc) is 2.82. The van der Waals surface area contributed by atoms with Crippen molar-refractivity contribution >= 4 is 28.9 Å². The molecule has 6 heteroatoms. The van der Waals surface area contributed by atoms with Gasteiger partial charge in [0.2, 0.25) is 0 Å². The maximum absolute atomic E-state index is 12.4. The van der Waals surface area contributed by atoms with Crippen molar-refractivity contribution in [1.29, 1.82) is 0 Å². The van der Waals surface area contributed by atoms with Crippen molar-refractivity contribution in [2.24, 2.45) is 4.99 Å². The standard InChI is InChI=1S/C16H20N2O3S/c1-5-17-16-18(6-2)15(19)14(22-16)10-11-7-8-12(20-3)13(9-11)21-4/h7-10H,5-6H2,1-4H3/b14-10+,17-16?. The highest BCUT2D eigenvalue weighted by Gasteiger charge is 2.31. The summed E-state index contributed by atoms with van der Waals surface area (Å²) in [6, 6.07) is 5.58. The van der Waals surface area contributed by atoms with Crippen LogP contribution in [0.4, 0.5) is 0 Å². The summed E-state index contributed by atoms with van der Waals surface area (Å²) in [6.07, 6.45) is 1.86. The number of benzene rings is 1. The van der Waals surface area contributed by atoms with Crippen LogP contribution in [0.2, 0.25) is 0 Å². The second-order valence-corrected chi connectivity index (χ2v) is 5.54. The molecule has 1 aliphatic rings. The molecule has 0 aliphatic carbocycles. The monoisotopic (exact) mass is 320 g/mol. The van der Waals surface area contributed by atoms with Gasteiger partial charge in [0.05, 0.1) is 19.1 Å². The first kappa shape index (κ1) is 16.4. The third kappa shape index (κ3) is 3.27. The van der Waals surface area contributed by atoms with Crippen LogP contribution in [0.25, 0.3) is 6.08 Å². The molecule has 118 valence electrons. The lowest BCUT2D eigenvalue weighted by Crippen LogP contribution is -2.28. The van der Waals surface area contributed by atoms with Gasteiger partial charge >= 0.3 is 0 Å². The van der Waals surface area contributed by atoms with E-state index in [4.69, 9.17) is 9.47 Å². The van der Waals surface area contributed by atoms with E-state index in [1.54, 1.807) is 19.1 Å². The molecular weight excluding hydrogens is 300 g/mol. The Morgan fingerprint density at radius 1 is 1.23 bits per heavy atom. The molecule has 1 aromatic carbocycles. The lowest BCUT2D eigenvalue weighted by atomic mass is 10.2. The van der Waals surface area contributed by atoms with Crippen molar-refractivity contribution in [3.05, 3.63) is 28.7 Å². The Kier molecular flexibility index (Phi) is 5.49. The average molecular weight is 320 g/mol. The maximum Gasteiger partial charge on any atom is 0.266 e. The predicted octanol–water partition coefficient (Wildman–Crippen LogP) is 3.02. The van der Waals surface area contributed by atoms with Crippen LogP contribution in [0.1, 0.15) is 19.4 Å². The van der Waals surface area contributed by atoms with Gasteiger partial charge in [-0.05, 0) is 49.4 Å². The van der Waals surface area contributed by atoms with E-state index >= 15 is 0 Å². The SMILES string of the molecule is CCN=C1S/C(=C/c2ccc(OC)c(OC)c2)C(=O)N1CC. The van der Waals surface area contributed by atoms with Crippen molar-refractivity contribution in [2.45, 2.75) is 13.8 Å². The van der Waals surface area contributed by atoms with Crippen molar-refractivity contribution in [3.63, 3.8) is 0 Å². The van der Waals surface area contributed by atoms with Crippen LogP contribution in [-0.2, 0) is 4.79 Å². The number of amides is 1. The highest BCUT2D eigenvalue weighted by atomic mass is 32.2. The molecule has 5 nitrogen and oxygen atoms in total. The van der Waals surface area contributed by atoms with Crippen LogP contribution in [0.3, 0.4) is 0 Å². The molecule has 1 heterocycles. The highest BCUT2D eigenvalue weighted by Crippen LogP contribution is 2.34. The Morgan fingerprint density at radius 2 is 1.95 bits per heavy atom. The molecular formula is C16H20N2O3S. The van der Waals surface area contributed by atoms with Gasteiger partial charge in [0.1, 0.15) is 0 Å². The summed E-state index contributed by atoms with van der Waals surface area (Å²) in [4.78, 5) is 19.1. The van der Waals surface area contributed by atoms with E-state index in [9.17, 15) is 4.79 Å². The number of likely N-dealkylation sites (N-methyl/N-ethyl adjacent to an activating group) is 1. The van der Waals surface area contributed by atoms with Crippen molar-refractivity contribution in [1.82, 2.24) is 4.90 Å². The molecule has 2 rings (SSSR count). The summed E-state index contributed by atoms with van der Waals surface area (Å²) in [5.41, 5.74) is 0.891. The third-order valence-corrected chi connectivity index (χ3v) is 4.25. The van der Waals surface area contributed by atoms with Crippen LogP contribution in [-0.4, -0.2) is 43.3 Å². The Labute approximate surface area is 135 Å². The molecule has 0 unspecified atom stereocenters. The number of ether oxygens (including phenoxy) is 2. The number of amidine groups is 1. The Balaban J connectivity index is 2.33. The van der Waals surface area contributed by atoms with Crippen LogP contribution in [0.15, 0.2) is 28.1 Å². The van der Waals surface area contributed by atoms with Crippen LogP contribution >= 0.6 is 11.8 Å². The first-order valence-corrected chi connectivity index (χ1v) is 7.94. The minimum Gasteiger partial charge on any atom is -0.493 e. The lowest BCUT2D eigenvalue weighted by Gasteiger charge is -2.11. The number of carbonyl (C=O) groups is 1. The summed E-state index contributed by atoms with van der Waals surface area (Å²) in [7, 11) is 3.19. The normalized spacial score (nSPS) is 18.4. The first-order valence-electron chi connectivity index (χ1n) is 7.12. The highest BCUT2D eigenvalue weighted by molar-refractivity contribution is 8.18. The molecule has 0 spiro atoms. The molecule has 22 heavy (non-hydrogen) atoms. The number of hydrogen-bond donors (Lipinski definition) is 0. The zero-order valence-corrected chi connectivity index (χ0v) is 14.1. The molecule has 1 amide bonds. The fourth-order valence-corrected chi connectivity index (χ4v) is 3.24. The van der Waals surface area contributed by atoms with E-state index < -0.39 is 0 Å². The summed E-state index contributed by atoms with van der Waals surface area (Å²) in [6.45, 7) is 5.19. The fraction of sp³-hybridized carbons (Fsp3) is 0.375. The summed E-state index contributed by atoms with van der Waals surface area (Å²) in [5, 5.41) is 0.765. The van der Waals surface area contributed by atoms with E-state index in [1.165, 1.54) is 11.8 Å². The minimum atomic E-state index is -0.00511. The zero-order valence-electron chi connectivity index (χ0n) is 13.3. The number of methoxy groups -OCH3 is 2. The number of hydrogen-bond acceptors (Lipinski definition) is 5. The van der Waals surface area contributed by atoms with Gasteiger partial charge in [-0.2, -0.15) is 0 Å². The van der Waals surface area contributed by atoms with Gasteiger partial charge in [0.15, 0.2) is 16.7 Å². The zero-order chi connectivity index (χ0) is 16.1. The molecule has 1 aliphatic heterocycles. The van der Waals surface area contributed by atoms with Gasteiger partial charge in [-0.25, -0.2) is 0 Å². The second kappa shape index (κ2) is 7.35. The second-order valence-electron chi connectivity index (χ2n) is 4.53. The molecule has 0 N–H and O–H groups in total. The number of rotatable bonds is 5. The largest absolute Gasteiger partial charge is 0.493 e. The fourth-order valence-electron chi connectivity index (χ4n) is 2.13. The summed E-state index contributed by atoms with van der Waals surface area (Å²) < 4.78 is 10.5. The van der Waals surface area contributed by atoms with Gasteiger partial charge in [0, 0.05) is 13.1 Å². The summed E-state index contributed by atoms with van der Waals surface area (Å²) in [5.74, 6) is 1.30. The van der Waals surface area contributed by atoms with E-state index in [0.29, 0.717) is 29.5 Å². The Hall–Kier alpha value is -1.95. The van der Waals surface area contributed by atoms with Gasteiger partial charge in [0.25, 0.3) is 5.91 Å². The molecule has 0 atom stereocenters. The quantitative estimate of drug-likeness (QED) is 0.783. The Morgan fingerprint density at radius 3 is 2.55 bits per heavy atom. The van der Waals surface area contributed by atoms with Crippen molar-refractivity contribution < 1.29 is 14.3 Å². The van der Waals surface area contributed by atoms with Crippen molar-refractivity contribution in [2.75, 3.05) is 27.3 Å². The molecule has 1 fully saturated rings. The predicted molar refractivity (Wildman–Crippen MR) is 90.5 cm³/mol. The van der Waals surface area contributed by atoms with Gasteiger partial charge in [-0.3, -0.25) is 14.7 Å². The topological polar surface area (TPSA) is 51.1 Å². The van der Waals surface area contributed by atoms with Gasteiger partial charge < -0.3 is 9.47 Å². The lowest BCUT2D eigenvalue weighted by molar-refractivity contribution is -0.122. The molecule has 0 radical (unpaired) electrons. The van der Waals surface area contributed by atoms with Crippen molar-refractivity contribution in [3.8, 4) is 11.5 Å². The molecule has 0 bridgehead atoms. The summed E-state index contributed by atoms with van der Waals surface area (Å²) >= 11 is 1.41. The smallest absolute Gasteiger partial charge is 0.266 e. The minimum absolute atomic E-state index is 0.00511. The number of nitrogens with zero attached hydrogens (tertiary/aromatic N) is 2. The maximum atomic E-state index is 12.4. The van der Waals surface area contributed by atoms with Gasteiger partial charge in [-0.15, -0.1) is 0 Å². The van der Waals surface area contributed by atoms with E-state index in [-0.39, 0.29) is 5.91 Å². The number of carbonyl (C=O) groups excluding carboxylic acids is 1. The molecule has 0 saturated carbocycles. The first-order chi connectivity index (χ1) is 10.6. The Bertz CT molecular complexity index is 626. The molecule has 0 aromatic heterocycles. The van der Waals surface area contributed by atoms with E-state index in [1.807, 2.05) is 38.1 Å². The molecule has 1 aromatic rings. The van der Waals surface area contributed by atoms with Crippen LogP contribution in [0.5, 0.6) is 11.5 Å². The number of thioether (sulfide) groups is 1. The van der Waals surface area contributed by atoms with Crippen LogP contribution in [0, 0.1) is 0 Å². The number of aliphatic imine (C=N–C) groups is 1. The van der Waals surface area contributed by atoms with Crippen LogP contribution < -0.4 is 9.47 Å². The van der Waals surface area contributed by atoms with Gasteiger partial charge in [-0.1, -0.05) is 6.07 Å².